The van der Waals surface area contributed by atoms with Crippen LogP contribution >= 0.6 is 0 Å². The van der Waals surface area contributed by atoms with Crippen LogP contribution in [0.3, 0.4) is 0 Å². The highest BCUT2D eigenvalue weighted by molar-refractivity contribution is 5.76. The van der Waals surface area contributed by atoms with Crippen molar-refractivity contribution >= 4 is 5.96 Å². The topological polar surface area (TPSA) is 55.0 Å². The van der Waals surface area contributed by atoms with Crippen molar-refractivity contribution in [3.63, 3.8) is 0 Å². The minimum Gasteiger partial charge on any atom is -0.288 e. The van der Waals surface area contributed by atoms with Crippen LogP contribution in [0.4, 0.5) is 0 Å². The van der Waals surface area contributed by atoms with Crippen molar-refractivity contribution in [2.24, 2.45) is 5.11 Å². The Morgan fingerprint density at radius 1 is 0.688 bits per heavy atom. The normalized spacial score (nSPS) is 13.8. The van der Waals surface area contributed by atoms with Crippen molar-refractivity contribution in [3.05, 3.63) is 10.4 Å². The Hall–Kier alpha value is -1.22. The molecule has 0 aromatic carbocycles. The standard InChI is InChI=1S/C27H54N5/c1-3-5-7-9-11-13-15-17-19-21-23-31-25-26-32(27(31)29-30-28)24-22-20-18-16-14-12-10-8-6-4-2/h3-26H2,1-2H3/q+1. The van der Waals surface area contributed by atoms with Gasteiger partial charge in [0.25, 0.3) is 5.96 Å². The summed E-state index contributed by atoms with van der Waals surface area (Å²) in [6.45, 7) is 8.68. The molecule has 186 valence electrons. The van der Waals surface area contributed by atoms with Crippen LogP contribution in [0.25, 0.3) is 10.4 Å². The highest BCUT2D eigenvalue weighted by atomic mass is 15.4. The summed E-state index contributed by atoms with van der Waals surface area (Å²) in [4.78, 5) is 5.44. The van der Waals surface area contributed by atoms with Crippen molar-refractivity contribution in [2.75, 3.05) is 26.2 Å². The lowest BCUT2D eigenvalue weighted by atomic mass is 10.1. The first-order valence-electron chi connectivity index (χ1n) is 14.2. The van der Waals surface area contributed by atoms with Gasteiger partial charge in [0, 0.05) is 10.0 Å². The van der Waals surface area contributed by atoms with Crippen molar-refractivity contribution in [1.29, 1.82) is 0 Å². The molecule has 0 aromatic heterocycles. The summed E-state index contributed by atoms with van der Waals surface area (Å²) in [6, 6.07) is 0. The minimum absolute atomic E-state index is 0.888. The lowest BCUT2D eigenvalue weighted by Crippen LogP contribution is -2.29. The third kappa shape index (κ3) is 14.8. The fourth-order valence-electron chi connectivity index (χ4n) is 4.81. The second-order valence-electron chi connectivity index (χ2n) is 9.83. The number of guanidine groups is 1. The number of hydrogen-bond donors (Lipinski definition) is 0. The van der Waals surface area contributed by atoms with E-state index < -0.39 is 0 Å². The van der Waals surface area contributed by atoms with E-state index in [1.807, 2.05) is 0 Å². The Morgan fingerprint density at radius 3 is 1.59 bits per heavy atom. The summed E-state index contributed by atoms with van der Waals surface area (Å²) in [6.07, 6.45) is 27.2. The summed E-state index contributed by atoms with van der Waals surface area (Å²) in [5, 5.41) is 4.06. The van der Waals surface area contributed by atoms with Gasteiger partial charge < -0.3 is 0 Å². The highest BCUT2D eigenvalue weighted by Gasteiger charge is 2.25. The van der Waals surface area contributed by atoms with Gasteiger partial charge in [0.1, 0.15) is 0 Å². The Morgan fingerprint density at radius 2 is 1.12 bits per heavy atom. The van der Waals surface area contributed by atoms with Crippen LogP contribution in [-0.2, 0) is 0 Å². The third-order valence-corrected chi connectivity index (χ3v) is 6.90. The fraction of sp³-hybridized carbons (Fsp3) is 0.963. The van der Waals surface area contributed by atoms with E-state index in [0.717, 1.165) is 32.1 Å². The van der Waals surface area contributed by atoms with Crippen LogP contribution in [0, 0.1) is 0 Å². The van der Waals surface area contributed by atoms with Crippen LogP contribution in [0.5, 0.6) is 0 Å². The molecule has 0 bridgehead atoms. The summed E-state index contributed by atoms with van der Waals surface area (Å²) < 4.78 is 2.32. The van der Waals surface area contributed by atoms with Gasteiger partial charge in [-0.2, -0.15) is 0 Å². The molecule has 5 nitrogen and oxygen atoms in total. The lowest BCUT2D eigenvalue weighted by Gasteiger charge is -2.12. The van der Waals surface area contributed by atoms with Crippen LogP contribution in [-0.4, -0.2) is 41.6 Å². The van der Waals surface area contributed by atoms with E-state index in [4.69, 9.17) is 5.53 Å². The lowest BCUT2D eigenvalue weighted by molar-refractivity contribution is -0.519. The average molecular weight is 449 g/mol. The monoisotopic (exact) mass is 448 g/mol. The van der Waals surface area contributed by atoms with E-state index in [9.17, 15) is 0 Å². The summed E-state index contributed by atoms with van der Waals surface area (Å²) in [7, 11) is 0. The van der Waals surface area contributed by atoms with Gasteiger partial charge in [-0.05, 0) is 18.4 Å². The van der Waals surface area contributed by atoms with Crippen LogP contribution in [0.15, 0.2) is 5.11 Å². The maximum Gasteiger partial charge on any atom is 0.283 e. The van der Waals surface area contributed by atoms with Gasteiger partial charge in [0.15, 0.2) is 0 Å². The summed E-state index contributed by atoms with van der Waals surface area (Å²) >= 11 is 0. The molecule has 0 saturated carbocycles. The summed E-state index contributed by atoms with van der Waals surface area (Å²) in [5.74, 6) is 0.888. The molecule has 0 amide bonds. The smallest absolute Gasteiger partial charge is 0.283 e. The average Bonchev–Trinajstić information content (AvgIpc) is 3.18. The molecule has 0 aromatic rings. The zero-order valence-electron chi connectivity index (χ0n) is 21.7. The predicted octanol–water partition coefficient (Wildman–Crippen LogP) is 8.82. The number of rotatable bonds is 22. The van der Waals surface area contributed by atoms with Gasteiger partial charge >= 0.3 is 0 Å². The second-order valence-corrected chi connectivity index (χ2v) is 9.83. The second kappa shape index (κ2) is 21.6. The maximum absolute atomic E-state index is 9.04. The Balaban J connectivity index is 2.11. The molecule has 5 heteroatoms. The first kappa shape index (κ1) is 28.8. The van der Waals surface area contributed by atoms with Crippen LogP contribution < -0.4 is 0 Å². The van der Waals surface area contributed by atoms with Crippen LogP contribution in [0.2, 0.25) is 0 Å². The molecule has 1 aliphatic rings. The molecule has 0 spiro atoms. The van der Waals surface area contributed by atoms with Gasteiger partial charge in [-0.1, -0.05) is 129 Å². The van der Waals surface area contributed by atoms with Crippen LogP contribution in [0.1, 0.15) is 142 Å². The van der Waals surface area contributed by atoms with Crippen molar-refractivity contribution in [2.45, 2.75) is 142 Å². The van der Waals surface area contributed by atoms with Gasteiger partial charge in [-0.15, -0.1) is 0 Å². The van der Waals surface area contributed by atoms with Gasteiger partial charge in [-0.25, -0.2) is 0 Å². The third-order valence-electron chi connectivity index (χ3n) is 6.90. The van der Waals surface area contributed by atoms with E-state index in [2.05, 4.69) is 33.3 Å². The molecule has 0 radical (unpaired) electrons. The van der Waals surface area contributed by atoms with Crippen molar-refractivity contribution in [3.8, 4) is 0 Å². The van der Waals surface area contributed by atoms with Crippen molar-refractivity contribution < 1.29 is 4.58 Å². The van der Waals surface area contributed by atoms with Gasteiger partial charge in [0.05, 0.1) is 26.2 Å². The van der Waals surface area contributed by atoms with E-state index in [0.29, 0.717) is 0 Å². The first-order valence-corrected chi connectivity index (χ1v) is 14.2. The number of unbranched alkanes of at least 4 members (excludes halogenated alkanes) is 18. The molecule has 1 aliphatic heterocycles. The fourth-order valence-corrected chi connectivity index (χ4v) is 4.81. The first-order chi connectivity index (χ1) is 15.8. The molecular weight excluding hydrogens is 394 g/mol. The van der Waals surface area contributed by atoms with E-state index >= 15 is 0 Å². The largest absolute Gasteiger partial charge is 0.288 e. The Kier molecular flexibility index (Phi) is 19.5. The van der Waals surface area contributed by atoms with E-state index in [1.165, 1.54) is 128 Å². The molecule has 0 fully saturated rings. The zero-order chi connectivity index (χ0) is 23.1. The number of nitrogens with zero attached hydrogens (tertiary/aromatic N) is 5. The maximum atomic E-state index is 9.04. The molecule has 1 rings (SSSR count). The van der Waals surface area contributed by atoms with Crippen molar-refractivity contribution in [1.82, 2.24) is 4.90 Å². The minimum atomic E-state index is 0.888. The molecule has 0 aliphatic carbocycles. The molecular formula is C27H54N5+. The molecule has 0 saturated heterocycles. The van der Waals surface area contributed by atoms with Gasteiger partial charge in [0.2, 0.25) is 0 Å². The van der Waals surface area contributed by atoms with E-state index in [-0.39, 0.29) is 0 Å². The molecule has 0 unspecified atom stereocenters. The Bertz CT molecular complexity index is 510. The number of azide groups is 1. The quantitative estimate of drug-likeness (QED) is 0.0536. The van der Waals surface area contributed by atoms with Gasteiger partial charge in [-0.3, -0.25) is 9.48 Å². The molecule has 0 atom stereocenters. The van der Waals surface area contributed by atoms with E-state index in [1.54, 1.807) is 0 Å². The molecule has 0 N–H and O–H groups in total. The number of hydrogen-bond acceptors (Lipinski definition) is 2. The Labute approximate surface area is 199 Å². The summed E-state index contributed by atoms with van der Waals surface area (Å²) in [5.41, 5.74) is 9.04. The molecule has 1 heterocycles. The highest BCUT2D eigenvalue weighted by Crippen LogP contribution is 2.14. The predicted molar refractivity (Wildman–Crippen MR) is 139 cm³/mol. The zero-order valence-corrected chi connectivity index (χ0v) is 21.7. The molecule has 32 heavy (non-hydrogen) atoms. The SMILES string of the molecule is CCCCCCCCCCCCN1CC[N+](CCCCCCCCCCCC)=C1N=[N+]=[N-].